The summed E-state index contributed by atoms with van der Waals surface area (Å²) < 4.78 is 16.6. The molecule has 2 fully saturated rings. The summed E-state index contributed by atoms with van der Waals surface area (Å²) in [6.07, 6.45) is 4.73. The molecule has 130 valence electrons. The molecule has 0 radical (unpaired) electrons. The first-order valence-corrected chi connectivity index (χ1v) is 8.79. The molecule has 24 heavy (non-hydrogen) atoms. The Hall–Kier alpha value is -1.95. The first-order valence-electron chi connectivity index (χ1n) is 8.79. The second kappa shape index (κ2) is 6.51. The fourth-order valence-corrected chi connectivity index (χ4v) is 4.07. The third-order valence-corrected chi connectivity index (χ3v) is 5.26. The van der Waals surface area contributed by atoms with Gasteiger partial charge in [-0.15, -0.1) is 0 Å². The van der Waals surface area contributed by atoms with E-state index in [-0.39, 0.29) is 11.9 Å². The van der Waals surface area contributed by atoms with E-state index in [1.165, 1.54) is 19.3 Å². The van der Waals surface area contributed by atoms with Gasteiger partial charge in [0.25, 0.3) is 5.91 Å². The molecule has 0 bridgehead atoms. The highest BCUT2D eigenvalue weighted by Gasteiger charge is 2.36. The minimum Gasteiger partial charge on any atom is -0.493 e. The fourth-order valence-electron chi connectivity index (χ4n) is 4.07. The molecule has 3 heterocycles. The molecule has 0 spiro atoms. The van der Waals surface area contributed by atoms with E-state index in [2.05, 4.69) is 10.2 Å². The maximum absolute atomic E-state index is 12.7. The number of nitrogens with one attached hydrogen (secondary N) is 1. The SMILES string of the molecule is COc1cc(C(=O)NC2CCN3CCCCC23)cc2c1OCCO2. The molecule has 1 N–H and O–H groups in total. The van der Waals surface area contributed by atoms with Crippen LogP contribution in [0.5, 0.6) is 17.2 Å². The molecule has 1 aromatic carbocycles. The summed E-state index contributed by atoms with van der Waals surface area (Å²) in [5, 5.41) is 3.22. The van der Waals surface area contributed by atoms with E-state index >= 15 is 0 Å². The Labute approximate surface area is 142 Å². The molecule has 0 saturated carbocycles. The van der Waals surface area contributed by atoms with Crippen LogP contribution in [0.1, 0.15) is 36.0 Å². The average Bonchev–Trinajstić information content (AvgIpc) is 3.03. The molecule has 3 aliphatic heterocycles. The van der Waals surface area contributed by atoms with Crippen LogP contribution in [0.25, 0.3) is 0 Å². The van der Waals surface area contributed by atoms with Crippen LogP contribution in [-0.4, -0.2) is 56.3 Å². The van der Waals surface area contributed by atoms with Crippen molar-refractivity contribution < 1.29 is 19.0 Å². The first-order chi connectivity index (χ1) is 11.8. The van der Waals surface area contributed by atoms with E-state index in [0.29, 0.717) is 42.1 Å². The van der Waals surface area contributed by atoms with Crippen molar-refractivity contribution in [2.75, 3.05) is 33.4 Å². The number of nitrogens with zero attached hydrogens (tertiary/aromatic N) is 1. The van der Waals surface area contributed by atoms with Gasteiger partial charge in [-0.1, -0.05) is 6.42 Å². The summed E-state index contributed by atoms with van der Waals surface area (Å²) >= 11 is 0. The van der Waals surface area contributed by atoms with Crippen LogP contribution >= 0.6 is 0 Å². The number of hydrogen-bond acceptors (Lipinski definition) is 5. The Kier molecular flexibility index (Phi) is 4.22. The largest absolute Gasteiger partial charge is 0.493 e. The van der Waals surface area contributed by atoms with Crippen LogP contribution in [0.15, 0.2) is 12.1 Å². The Balaban J connectivity index is 1.52. The molecule has 1 amide bonds. The molecule has 6 nitrogen and oxygen atoms in total. The molecular weight excluding hydrogens is 308 g/mol. The summed E-state index contributed by atoms with van der Waals surface area (Å²) in [5.74, 6) is 1.64. The first kappa shape index (κ1) is 15.6. The topological polar surface area (TPSA) is 60.0 Å². The van der Waals surface area contributed by atoms with Gasteiger partial charge in [0.1, 0.15) is 13.2 Å². The average molecular weight is 332 g/mol. The number of rotatable bonds is 3. The molecule has 3 aliphatic rings. The third-order valence-electron chi connectivity index (χ3n) is 5.26. The molecule has 2 atom stereocenters. The van der Waals surface area contributed by atoms with E-state index < -0.39 is 0 Å². The van der Waals surface area contributed by atoms with Crippen molar-refractivity contribution in [2.24, 2.45) is 0 Å². The smallest absolute Gasteiger partial charge is 0.251 e. The van der Waals surface area contributed by atoms with E-state index in [1.807, 2.05) is 0 Å². The number of carbonyl (C=O) groups is 1. The lowest BCUT2D eigenvalue weighted by Gasteiger charge is -2.32. The maximum atomic E-state index is 12.7. The van der Waals surface area contributed by atoms with Crippen molar-refractivity contribution in [3.8, 4) is 17.2 Å². The Morgan fingerprint density at radius 3 is 2.96 bits per heavy atom. The molecule has 2 unspecified atom stereocenters. The predicted molar refractivity (Wildman–Crippen MR) is 89.1 cm³/mol. The van der Waals surface area contributed by atoms with Crippen LogP contribution < -0.4 is 19.5 Å². The number of hydrogen-bond donors (Lipinski definition) is 1. The van der Waals surface area contributed by atoms with Gasteiger partial charge >= 0.3 is 0 Å². The second-order valence-corrected chi connectivity index (χ2v) is 6.67. The van der Waals surface area contributed by atoms with Gasteiger partial charge in [0.15, 0.2) is 11.5 Å². The Morgan fingerprint density at radius 2 is 2.08 bits per heavy atom. The van der Waals surface area contributed by atoms with Crippen LogP contribution in [0.3, 0.4) is 0 Å². The quantitative estimate of drug-likeness (QED) is 0.915. The lowest BCUT2D eigenvalue weighted by Crippen LogP contribution is -2.46. The van der Waals surface area contributed by atoms with Gasteiger partial charge in [-0.25, -0.2) is 0 Å². The lowest BCUT2D eigenvalue weighted by molar-refractivity contribution is 0.0913. The number of methoxy groups -OCH3 is 1. The van der Waals surface area contributed by atoms with Gasteiger partial charge in [0.2, 0.25) is 5.75 Å². The normalized spacial score (nSPS) is 25.9. The van der Waals surface area contributed by atoms with Gasteiger partial charge in [0.05, 0.1) is 7.11 Å². The summed E-state index contributed by atoms with van der Waals surface area (Å²) in [4.78, 5) is 15.3. The molecule has 4 rings (SSSR count). The van der Waals surface area contributed by atoms with E-state index in [4.69, 9.17) is 14.2 Å². The Morgan fingerprint density at radius 1 is 1.21 bits per heavy atom. The number of piperidine rings is 1. The van der Waals surface area contributed by atoms with Crippen molar-refractivity contribution in [3.63, 3.8) is 0 Å². The lowest BCUT2D eigenvalue weighted by atomic mass is 9.98. The number of carbonyl (C=O) groups excluding carboxylic acids is 1. The number of amides is 1. The molecule has 6 heteroatoms. The number of fused-ring (bicyclic) bond motifs is 2. The van der Waals surface area contributed by atoms with Crippen LogP contribution in [0, 0.1) is 0 Å². The standard InChI is InChI=1S/C18H24N2O4/c1-22-15-10-12(11-16-17(15)24-9-8-23-16)18(21)19-13-5-7-20-6-3-2-4-14(13)20/h10-11,13-14H,2-9H2,1H3,(H,19,21). The van der Waals surface area contributed by atoms with Crippen molar-refractivity contribution in [1.29, 1.82) is 0 Å². The summed E-state index contributed by atoms with van der Waals surface area (Å²) in [5.41, 5.74) is 0.561. The molecular formula is C18H24N2O4. The monoisotopic (exact) mass is 332 g/mol. The minimum atomic E-state index is -0.0669. The number of benzene rings is 1. The van der Waals surface area contributed by atoms with Gasteiger partial charge in [-0.3, -0.25) is 9.69 Å². The maximum Gasteiger partial charge on any atom is 0.251 e. The van der Waals surface area contributed by atoms with Crippen LogP contribution in [0.2, 0.25) is 0 Å². The number of ether oxygens (including phenoxy) is 3. The molecule has 1 aromatic rings. The summed E-state index contributed by atoms with van der Waals surface area (Å²) in [7, 11) is 1.58. The van der Waals surface area contributed by atoms with Crippen LogP contribution in [0.4, 0.5) is 0 Å². The van der Waals surface area contributed by atoms with Crippen molar-refractivity contribution >= 4 is 5.91 Å². The predicted octanol–water partition coefficient (Wildman–Crippen LogP) is 1.82. The van der Waals surface area contributed by atoms with E-state index in [0.717, 1.165) is 19.5 Å². The summed E-state index contributed by atoms with van der Waals surface area (Å²) in [6.45, 7) is 3.23. The van der Waals surface area contributed by atoms with Crippen molar-refractivity contribution in [2.45, 2.75) is 37.8 Å². The van der Waals surface area contributed by atoms with Gasteiger partial charge in [-0.2, -0.15) is 0 Å². The Bertz CT molecular complexity index is 616. The zero-order chi connectivity index (χ0) is 16.5. The molecule has 2 saturated heterocycles. The summed E-state index contributed by atoms with van der Waals surface area (Å²) in [6, 6.07) is 4.20. The van der Waals surface area contributed by atoms with Gasteiger partial charge in [-0.05, 0) is 37.9 Å². The zero-order valence-electron chi connectivity index (χ0n) is 14.0. The van der Waals surface area contributed by atoms with Crippen molar-refractivity contribution in [1.82, 2.24) is 10.2 Å². The zero-order valence-corrected chi connectivity index (χ0v) is 14.0. The highest BCUT2D eigenvalue weighted by atomic mass is 16.6. The highest BCUT2D eigenvalue weighted by molar-refractivity contribution is 5.96. The highest BCUT2D eigenvalue weighted by Crippen LogP contribution is 2.40. The van der Waals surface area contributed by atoms with E-state index in [9.17, 15) is 4.79 Å². The van der Waals surface area contributed by atoms with E-state index in [1.54, 1.807) is 19.2 Å². The second-order valence-electron chi connectivity index (χ2n) is 6.67. The minimum absolute atomic E-state index is 0.0669. The third kappa shape index (κ3) is 2.79. The molecule has 0 aromatic heterocycles. The van der Waals surface area contributed by atoms with Gasteiger partial charge in [0, 0.05) is 24.2 Å². The van der Waals surface area contributed by atoms with Crippen LogP contribution in [-0.2, 0) is 0 Å². The fraction of sp³-hybridized carbons (Fsp3) is 0.611. The van der Waals surface area contributed by atoms with Crippen molar-refractivity contribution in [3.05, 3.63) is 17.7 Å². The van der Waals surface area contributed by atoms with Gasteiger partial charge < -0.3 is 19.5 Å². The molecule has 0 aliphatic carbocycles.